The Morgan fingerprint density at radius 2 is 2.05 bits per heavy atom. The fourth-order valence-electron chi connectivity index (χ4n) is 2.66. The minimum absolute atomic E-state index is 0.821. The molecule has 0 amide bonds. The van der Waals surface area contributed by atoms with Gasteiger partial charge in [0.05, 0.1) is 0 Å². The van der Waals surface area contributed by atoms with Crippen LogP contribution in [0.4, 0.5) is 11.6 Å². The Labute approximate surface area is 116 Å². The number of nitrogens with one attached hydrogen (secondary N) is 1. The van der Waals surface area contributed by atoms with Gasteiger partial charge in [0.1, 0.15) is 18.0 Å². The smallest absolute Gasteiger partial charge is 0.134 e. The van der Waals surface area contributed by atoms with Gasteiger partial charge in [-0.2, -0.15) is 0 Å². The molecule has 0 radical (unpaired) electrons. The van der Waals surface area contributed by atoms with Gasteiger partial charge in [0, 0.05) is 32.2 Å². The molecule has 2 heterocycles. The molecule has 0 saturated carbocycles. The summed E-state index contributed by atoms with van der Waals surface area (Å²) in [7, 11) is 4.30. The lowest BCUT2D eigenvalue weighted by atomic mass is 9.96. The second kappa shape index (κ2) is 6.70. The molecule has 19 heavy (non-hydrogen) atoms. The lowest BCUT2D eigenvalue weighted by Gasteiger charge is -2.33. The number of anilines is 2. The molecule has 0 unspecified atom stereocenters. The van der Waals surface area contributed by atoms with Gasteiger partial charge in [-0.3, -0.25) is 0 Å². The molecule has 1 aliphatic heterocycles. The number of hydrogen-bond acceptors (Lipinski definition) is 5. The van der Waals surface area contributed by atoms with Gasteiger partial charge in [0.2, 0.25) is 0 Å². The van der Waals surface area contributed by atoms with Crippen molar-refractivity contribution in [1.29, 1.82) is 0 Å². The van der Waals surface area contributed by atoms with Gasteiger partial charge in [-0.25, -0.2) is 9.97 Å². The average molecular weight is 263 g/mol. The van der Waals surface area contributed by atoms with Gasteiger partial charge in [-0.05, 0) is 39.8 Å². The minimum Gasteiger partial charge on any atom is -0.370 e. The topological polar surface area (TPSA) is 44.3 Å². The Morgan fingerprint density at radius 1 is 1.32 bits per heavy atom. The highest BCUT2D eigenvalue weighted by Crippen LogP contribution is 2.23. The van der Waals surface area contributed by atoms with Crippen molar-refractivity contribution >= 4 is 11.6 Å². The summed E-state index contributed by atoms with van der Waals surface area (Å²) in [4.78, 5) is 13.3. The van der Waals surface area contributed by atoms with Crippen LogP contribution in [0.25, 0.3) is 0 Å². The predicted molar refractivity (Wildman–Crippen MR) is 79.7 cm³/mol. The van der Waals surface area contributed by atoms with Crippen LogP contribution >= 0.6 is 0 Å². The SMILES string of the molecule is CCNc1cc(N2CCC(CN(C)C)CC2)ncn1. The van der Waals surface area contributed by atoms with E-state index in [0.29, 0.717) is 0 Å². The minimum atomic E-state index is 0.821. The van der Waals surface area contributed by atoms with E-state index >= 15 is 0 Å². The van der Waals surface area contributed by atoms with Crippen LogP contribution in [-0.4, -0.2) is 55.1 Å². The van der Waals surface area contributed by atoms with E-state index in [1.54, 1.807) is 6.33 Å². The van der Waals surface area contributed by atoms with Gasteiger partial charge in [0.15, 0.2) is 0 Å². The normalized spacial score (nSPS) is 16.9. The number of aromatic nitrogens is 2. The van der Waals surface area contributed by atoms with Crippen LogP contribution < -0.4 is 10.2 Å². The van der Waals surface area contributed by atoms with E-state index < -0.39 is 0 Å². The zero-order chi connectivity index (χ0) is 13.7. The van der Waals surface area contributed by atoms with E-state index in [1.165, 1.54) is 19.4 Å². The Bertz CT molecular complexity index is 385. The van der Waals surface area contributed by atoms with Crippen LogP contribution in [0.2, 0.25) is 0 Å². The zero-order valence-corrected chi connectivity index (χ0v) is 12.3. The Balaban J connectivity index is 1.92. The summed E-state index contributed by atoms with van der Waals surface area (Å²) >= 11 is 0. The van der Waals surface area contributed by atoms with Crippen LogP contribution in [0.5, 0.6) is 0 Å². The van der Waals surface area contributed by atoms with Crippen molar-refractivity contribution < 1.29 is 0 Å². The number of piperidine rings is 1. The van der Waals surface area contributed by atoms with Crippen molar-refractivity contribution in [3.05, 3.63) is 12.4 Å². The molecule has 0 spiro atoms. The highest BCUT2D eigenvalue weighted by molar-refractivity contribution is 5.48. The van der Waals surface area contributed by atoms with Gasteiger partial charge < -0.3 is 15.1 Å². The first kappa shape index (κ1) is 14.1. The van der Waals surface area contributed by atoms with E-state index in [0.717, 1.165) is 37.2 Å². The molecule has 1 aliphatic rings. The van der Waals surface area contributed by atoms with Crippen LogP contribution in [-0.2, 0) is 0 Å². The molecular weight excluding hydrogens is 238 g/mol. The van der Waals surface area contributed by atoms with Crippen LogP contribution in [0.15, 0.2) is 12.4 Å². The molecule has 1 aromatic heterocycles. The zero-order valence-electron chi connectivity index (χ0n) is 12.3. The average Bonchev–Trinajstić information content (AvgIpc) is 2.40. The predicted octanol–water partition coefficient (Wildman–Crippen LogP) is 1.69. The maximum absolute atomic E-state index is 4.40. The summed E-state index contributed by atoms with van der Waals surface area (Å²) in [5.74, 6) is 2.79. The van der Waals surface area contributed by atoms with Crippen LogP contribution in [0, 0.1) is 5.92 Å². The van der Waals surface area contributed by atoms with Crippen LogP contribution in [0.1, 0.15) is 19.8 Å². The number of nitrogens with zero attached hydrogens (tertiary/aromatic N) is 4. The fraction of sp³-hybridized carbons (Fsp3) is 0.714. The van der Waals surface area contributed by atoms with Crippen molar-refractivity contribution in [2.24, 2.45) is 5.92 Å². The summed E-state index contributed by atoms with van der Waals surface area (Å²) < 4.78 is 0. The molecule has 0 bridgehead atoms. The quantitative estimate of drug-likeness (QED) is 0.876. The molecule has 1 saturated heterocycles. The van der Waals surface area contributed by atoms with E-state index in [2.05, 4.69) is 52.2 Å². The molecule has 1 aromatic rings. The third kappa shape index (κ3) is 4.06. The Morgan fingerprint density at radius 3 is 2.68 bits per heavy atom. The molecule has 1 N–H and O–H groups in total. The molecule has 1 fully saturated rings. The second-order valence-corrected chi connectivity index (χ2v) is 5.48. The largest absolute Gasteiger partial charge is 0.370 e. The summed E-state index contributed by atoms with van der Waals surface area (Å²) in [5.41, 5.74) is 0. The third-order valence-electron chi connectivity index (χ3n) is 3.57. The number of hydrogen-bond donors (Lipinski definition) is 1. The Kier molecular flexibility index (Phi) is 4.96. The molecule has 0 aliphatic carbocycles. The molecule has 0 atom stereocenters. The highest BCUT2D eigenvalue weighted by atomic mass is 15.2. The van der Waals surface area contributed by atoms with Gasteiger partial charge >= 0.3 is 0 Å². The van der Waals surface area contributed by atoms with Gasteiger partial charge in [-0.1, -0.05) is 0 Å². The second-order valence-electron chi connectivity index (χ2n) is 5.48. The maximum atomic E-state index is 4.40. The highest BCUT2D eigenvalue weighted by Gasteiger charge is 2.20. The molecule has 5 nitrogen and oxygen atoms in total. The van der Waals surface area contributed by atoms with E-state index in [4.69, 9.17) is 0 Å². The van der Waals surface area contributed by atoms with Crippen molar-refractivity contribution in [1.82, 2.24) is 14.9 Å². The summed E-state index contributed by atoms with van der Waals surface area (Å²) in [6, 6.07) is 2.05. The van der Waals surface area contributed by atoms with Crippen LogP contribution in [0.3, 0.4) is 0 Å². The summed E-state index contributed by atoms with van der Waals surface area (Å²) in [6.07, 6.45) is 4.15. The molecule has 106 valence electrons. The van der Waals surface area contributed by atoms with Crippen molar-refractivity contribution in [3.63, 3.8) is 0 Å². The number of rotatable bonds is 5. The Hall–Kier alpha value is -1.36. The van der Waals surface area contributed by atoms with Crippen molar-refractivity contribution in [2.45, 2.75) is 19.8 Å². The van der Waals surface area contributed by atoms with E-state index in [9.17, 15) is 0 Å². The first-order valence-corrected chi connectivity index (χ1v) is 7.14. The lowest BCUT2D eigenvalue weighted by Crippen LogP contribution is -2.37. The molecule has 5 heteroatoms. The standard InChI is InChI=1S/C14H25N5/c1-4-15-13-9-14(17-11-16-13)19-7-5-12(6-8-19)10-18(2)3/h9,11-12H,4-8,10H2,1-3H3,(H,15,16,17). The van der Waals surface area contributed by atoms with Gasteiger partial charge in [0.25, 0.3) is 0 Å². The summed E-state index contributed by atoms with van der Waals surface area (Å²) in [6.45, 7) is 6.36. The first-order valence-electron chi connectivity index (χ1n) is 7.14. The maximum Gasteiger partial charge on any atom is 0.134 e. The lowest BCUT2D eigenvalue weighted by molar-refractivity contribution is 0.284. The van der Waals surface area contributed by atoms with Gasteiger partial charge in [-0.15, -0.1) is 0 Å². The van der Waals surface area contributed by atoms with Crippen molar-refractivity contribution in [3.8, 4) is 0 Å². The van der Waals surface area contributed by atoms with Crippen molar-refractivity contribution in [2.75, 3.05) is 50.5 Å². The molecule has 2 rings (SSSR count). The summed E-state index contributed by atoms with van der Waals surface area (Å²) in [5, 5.41) is 3.24. The monoisotopic (exact) mass is 263 g/mol. The third-order valence-corrected chi connectivity index (χ3v) is 3.57. The molecular formula is C14H25N5. The fourth-order valence-corrected chi connectivity index (χ4v) is 2.66. The van der Waals surface area contributed by atoms with E-state index in [1.807, 2.05) is 0 Å². The van der Waals surface area contributed by atoms with E-state index in [-0.39, 0.29) is 0 Å². The first-order chi connectivity index (χ1) is 9.19. The molecule has 0 aromatic carbocycles.